The Hall–Kier alpha value is -1.47. The third-order valence-corrected chi connectivity index (χ3v) is 8.99. The van der Waals surface area contributed by atoms with Gasteiger partial charge in [-0.2, -0.15) is 9.97 Å². The van der Waals surface area contributed by atoms with Gasteiger partial charge in [-0.25, -0.2) is 9.18 Å². The Kier molecular flexibility index (Phi) is 6.79. The van der Waals surface area contributed by atoms with E-state index in [0.717, 1.165) is 29.3 Å². The summed E-state index contributed by atoms with van der Waals surface area (Å²) in [4.78, 5) is 26.2. The van der Waals surface area contributed by atoms with Crippen LogP contribution in [0.2, 0.25) is 0 Å². The fourth-order valence-corrected chi connectivity index (χ4v) is 5.56. The molecule has 2 aromatic rings. The first kappa shape index (κ1) is 25.2. The largest absolute Gasteiger partial charge is 0.460 e. The van der Waals surface area contributed by atoms with Gasteiger partial charge in [0.25, 0.3) is 0 Å². The zero-order valence-corrected chi connectivity index (χ0v) is 23.8. The summed E-state index contributed by atoms with van der Waals surface area (Å²) in [5.41, 5.74) is -0.616. The monoisotopic (exact) mass is 662 g/mol. The Bertz CT molecular complexity index is 1150. The van der Waals surface area contributed by atoms with Crippen molar-refractivity contribution in [2.45, 2.75) is 63.7 Å². The Labute approximate surface area is 226 Å². The van der Waals surface area contributed by atoms with Crippen LogP contribution in [0, 0.1) is 9.39 Å². The smallest absolute Gasteiger partial charge is 0.410 e. The van der Waals surface area contributed by atoms with E-state index < -0.39 is 11.4 Å². The van der Waals surface area contributed by atoms with Gasteiger partial charge in [0.05, 0.1) is 23.2 Å². The van der Waals surface area contributed by atoms with E-state index >= 15 is 4.39 Å². The third-order valence-electron chi connectivity index (χ3n) is 6.62. The second kappa shape index (κ2) is 9.44. The summed E-state index contributed by atoms with van der Waals surface area (Å²) in [5, 5.41) is 0.635. The third kappa shape index (κ3) is 5.18. The fourth-order valence-electron chi connectivity index (χ4n) is 4.71. The summed E-state index contributed by atoms with van der Waals surface area (Å²) in [6, 6.07) is 2.07. The Morgan fingerprint density at radius 1 is 1.26 bits per heavy atom. The second-order valence-electron chi connectivity index (χ2n) is 10.4. The summed E-state index contributed by atoms with van der Waals surface area (Å²) < 4.78 is 33.7. The highest BCUT2D eigenvalue weighted by Gasteiger charge is 2.54. The molecule has 1 spiro atoms. The molecule has 0 radical (unpaired) electrons. The van der Waals surface area contributed by atoms with Crippen molar-refractivity contribution in [3.8, 4) is 6.01 Å². The average molecular weight is 663 g/mol. The molecule has 1 aromatic carbocycles. The molecule has 1 saturated carbocycles. The highest BCUT2D eigenvalue weighted by molar-refractivity contribution is 14.1. The predicted octanol–water partition coefficient (Wildman–Crippen LogP) is 5.28. The number of aromatic nitrogens is 2. The van der Waals surface area contributed by atoms with Crippen molar-refractivity contribution in [2.24, 2.45) is 0 Å². The lowest BCUT2D eigenvalue weighted by atomic mass is 10.1. The SMILES string of the molecule is CC(C)(C)OC(=O)N1CCN(c2nc(OC3CCOCC3)nc3c(F)c(Br)c(I)cc23)CC12CC2. The number of piperazine rings is 1. The zero-order valence-electron chi connectivity index (χ0n) is 20.1. The number of anilines is 1. The summed E-state index contributed by atoms with van der Waals surface area (Å²) in [7, 11) is 0. The normalized spacial score (nSPS) is 20.4. The van der Waals surface area contributed by atoms with E-state index in [9.17, 15) is 4.79 Å². The Morgan fingerprint density at radius 3 is 2.63 bits per heavy atom. The molecule has 3 fully saturated rings. The molecule has 8 nitrogen and oxygen atoms in total. The molecule has 35 heavy (non-hydrogen) atoms. The minimum Gasteiger partial charge on any atom is -0.460 e. The first-order valence-electron chi connectivity index (χ1n) is 11.9. The number of fused-ring (bicyclic) bond motifs is 1. The number of hydrogen-bond acceptors (Lipinski definition) is 7. The lowest BCUT2D eigenvalue weighted by Gasteiger charge is -2.43. The van der Waals surface area contributed by atoms with Gasteiger partial charge in [-0.1, -0.05) is 0 Å². The van der Waals surface area contributed by atoms with Gasteiger partial charge in [-0.15, -0.1) is 0 Å². The van der Waals surface area contributed by atoms with E-state index in [1.807, 2.05) is 31.7 Å². The Morgan fingerprint density at radius 2 is 1.97 bits per heavy atom. The number of carbonyl (C=O) groups excluding carboxylic acids is 1. The lowest BCUT2D eigenvalue weighted by Crippen LogP contribution is -2.58. The van der Waals surface area contributed by atoms with Crippen LogP contribution in [0.25, 0.3) is 10.9 Å². The number of nitrogens with zero attached hydrogens (tertiary/aromatic N) is 4. The van der Waals surface area contributed by atoms with Crippen LogP contribution in [0.5, 0.6) is 6.01 Å². The number of rotatable bonds is 3. The van der Waals surface area contributed by atoms with E-state index in [0.29, 0.717) is 48.5 Å². The molecular formula is C24H29BrFIN4O4. The van der Waals surface area contributed by atoms with E-state index in [4.69, 9.17) is 19.2 Å². The van der Waals surface area contributed by atoms with Gasteiger partial charge in [0.1, 0.15) is 23.0 Å². The minimum atomic E-state index is -0.550. The van der Waals surface area contributed by atoms with Crippen molar-refractivity contribution >= 4 is 61.3 Å². The van der Waals surface area contributed by atoms with Crippen LogP contribution in [0.15, 0.2) is 10.5 Å². The van der Waals surface area contributed by atoms with Crippen molar-refractivity contribution in [3.05, 3.63) is 19.9 Å². The van der Waals surface area contributed by atoms with Crippen LogP contribution >= 0.6 is 38.5 Å². The van der Waals surface area contributed by atoms with Crippen molar-refractivity contribution in [1.29, 1.82) is 0 Å². The van der Waals surface area contributed by atoms with Crippen molar-refractivity contribution in [1.82, 2.24) is 14.9 Å². The number of benzene rings is 1. The summed E-state index contributed by atoms with van der Waals surface area (Å²) in [6.07, 6.45) is 2.93. The number of hydrogen-bond donors (Lipinski definition) is 0. The predicted molar refractivity (Wildman–Crippen MR) is 141 cm³/mol. The highest BCUT2D eigenvalue weighted by atomic mass is 127. The van der Waals surface area contributed by atoms with Gasteiger partial charge in [-0.3, -0.25) is 4.90 Å². The van der Waals surface area contributed by atoms with Gasteiger partial charge in [0.2, 0.25) is 0 Å². The molecule has 0 N–H and O–H groups in total. The quantitative estimate of drug-likeness (QED) is 0.327. The van der Waals surface area contributed by atoms with Crippen LogP contribution < -0.4 is 9.64 Å². The molecule has 3 heterocycles. The molecule has 190 valence electrons. The summed E-state index contributed by atoms with van der Waals surface area (Å²) in [6.45, 7) is 8.54. The topological polar surface area (TPSA) is 77.0 Å². The molecule has 2 saturated heterocycles. The maximum atomic E-state index is 15.3. The minimum absolute atomic E-state index is 0.0665. The number of halogens is 3. The van der Waals surface area contributed by atoms with Gasteiger partial charge in [0.15, 0.2) is 5.82 Å². The molecule has 2 aliphatic heterocycles. The molecule has 0 unspecified atom stereocenters. The molecule has 5 rings (SSSR count). The average Bonchev–Trinajstić information content (AvgIpc) is 3.56. The van der Waals surface area contributed by atoms with Crippen molar-refractivity contribution in [2.75, 3.05) is 37.7 Å². The van der Waals surface area contributed by atoms with Crippen LogP contribution in [0.3, 0.4) is 0 Å². The van der Waals surface area contributed by atoms with Gasteiger partial charge in [0, 0.05) is 41.4 Å². The van der Waals surface area contributed by atoms with E-state index in [-0.39, 0.29) is 29.3 Å². The molecule has 11 heteroatoms. The first-order chi connectivity index (χ1) is 16.6. The van der Waals surface area contributed by atoms with E-state index in [2.05, 4.69) is 48.4 Å². The molecule has 1 amide bonds. The van der Waals surface area contributed by atoms with Crippen molar-refractivity contribution < 1.29 is 23.4 Å². The van der Waals surface area contributed by atoms with Crippen LogP contribution in [0.4, 0.5) is 15.0 Å². The number of ether oxygens (including phenoxy) is 3. The van der Waals surface area contributed by atoms with Crippen LogP contribution in [0.1, 0.15) is 46.5 Å². The van der Waals surface area contributed by atoms with Gasteiger partial charge in [-0.05, 0) is 78.2 Å². The highest BCUT2D eigenvalue weighted by Crippen LogP contribution is 2.46. The lowest BCUT2D eigenvalue weighted by molar-refractivity contribution is 0.0105. The van der Waals surface area contributed by atoms with Crippen LogP contribution in [-0.2, 0) is 9.47 Å². The zero-order chi connectivity index (χ0) is 25.0. The first-order valence-corrected chi connectivity index (χ1v) is 13.8. The van der Waals surface area contributed by atoms with Crippen LogP contribution in [-0.4, -0.2) is 71.1 Å². The van der Waals surface area contributed by atoms with Crippen molar-refractivity contribution in [3.63, 3.8) is 0 Å². The summed E-state index contributed by atoms with van der Waals surface area (Å²) >= 11 is 5.45. The van der Waals surface area contributed by atoms with E-state index in [1.54, 1.807) is 0 Å². The molecular weight excluding hydrogens is 634 g/mol. The Balaban J connectivity index is 1.49. The van der Waals surface area contributed by atoms with Gasteiger partial charge < -0.3 is 19.1 Å². The molecule has 1 aromatic heterocycles. The summed E-state index contributed by atoms with van der Waals surface area (Å²) in [5.74, 6) is 0.206. The standard InChI is InChI=1S/C24H29BrFIN4O4/c1-23(2,3)35-22(32)31-9-8-30(13-24(31)6-7-24)20-15-12-16(27)17(25)18(26)19(15)28-21(29-20)34-14-4-10-33-11-5-14/h12,14H,4-11,13H2,1-3H3. The fraction of sp³-hybridized carbons (Fsp3) is 0.625. The molecule has 1 aliphatic carbocycles. The number of carbonyl (C=O) groups is 1. The molecule has 0 bridgehead atoms. The molecule has 3 aliphatic rings. The second-order valence-corrected chi connectivity index (χ2v) is 12.4. The maximum Gasteiger partial charge on any atom is 0.410 e. The molecule has 0 atom stereocenters. The van der Waals surface area contributed by atoms with Gasteiger partial charge >= 0.3 is 12.1 Å². The van der Waals surface area contributed by atoms with E-state index in [1.165, 1.54) is 0 Å². The number of amides is 1. The maximum absolute atomic E-state index is 15.3.